The predicted molar refractivity (Wildman–Crippen MR) is 62.5 cm³/mol. The largest absolute Gasteiger partial charge is 0.308 e. The average Bonchev–Trinajstić information content (AvgIpc) is 3.02. The second-order valence-electron chi connectivity index (χ2n) is 2.97. The molecule has 0 saturated carbocycles. The summed E-state index contributed by atoms with van der Waals surface area (Å²) in [5.41, 5.74) is 2.79. The molecule has 74 valence electrons. The second kappa shape index (κ2) is 3.60. The lowest BCUT2D eigenvalue weighted by Crippen LogP contribution is -1.88. The Morgan fingerprint density at radius 3 is 2.73 bits per heavy atom. The lowest BCUT2D eigenvalue weighted by molar-refractivity contribution is 1.03. The fraction of sp³-hybridized carbons (Fsp3) is 0. The smallest absolute Gasteiger partial charge is 0.148 e. The number of nitrogens with zero attached hydrogens (tertiary/aromatic N) is 3. The van der Waals surface area contributed by atoms with Crippen LogP contribution in [-0.4, -0.2) is 14.5 Å². The van der Waals surface area contributed by atoms with Crippen LogP contribution in [-0.2, 0) is 0 Å². The van der Waals surface area contributed by atoms with E-state index in [0.717, 1.165) is 16.5 Å². The molecule has 0 aromatic carbocycles. The van der Waals surface area contributed by atoms with E-state index in [9.17, 15) is 0 Å². The first kappa shape index (κ1) is 8.82. The fourth-order valence-corrected chi connectivity index (χ4v) is 2.69. The van der Waals surface area contributed by atoms with E-state index in [1.807, 2.05) is 45.4 Å². The Bertz CT molecular complexity index is 488. The third kappa shape index (κ3) is 1.60. The summed E-state index contributed by atoms with van der Waals surface area (Å²) in [6.07, 6.45) is 3.97. The van der Waals surface area contributed by atoms with Crippen molar-refractivity contribution in [1.82, 2.24) is 14.5 Å². The Balaban J connectivity index is 2.02. The van der Waals surface area contributed by atoms with Crippen LogP contribution in [0.15, 0.2) is 40.8 Å². The van der Waals surface area contributed by atoms with Gasteiger partial charge in [0.05, 0.1) is 5.51 Å². The van der Waals surface area contributed by atoms with Gasteiger partial charge in [0.25, 0.3) is 0 Å². The minimum absolute atomic E-state index is 0.952. The highest BCUT2D eigenvalue weighted by Crippen LogP contribution is 2.24. The van der Waals surface area contributed by atoms with E-state index in [2.05, 4.69) is 9.97 Å². The van der Waals surface area contributed by atoms with Gasteiger partial charge in [0.15, 0.2) is 0 Å². The van der Waals surface area contributed by atoms with E-state index in [1.54, 1.807) is 22.7 Å². The fourth-order valence-electron chi connectivity index (χ4n) is 1.31. The number of aromatic nitrogens is 3. The zero-order valence-electron chi connectivity index (χ0n) is 7.70. The van der Waals surface area contributed by atoms with E-state index in [1.165, 1.54) is 0 Å². The molecule has 15 heavy (non-hydrogen) atoms. The highest BCUT2D eigenvalue weighted by molar-refractivity contribution is 7.14. The molecule has 0 aliphatic carbocycles. The molecule has 3 aromatic heterocycles. The number of hydrogen-bond donors (Lipinski definition) is 0. The summed E-state index contributed by atoms with van der Waals surface area (Å²) in [5.74, 6) is 0.952. The number of hydrogen-bond acceptors (Lipinski definition) is 4. The molecule has 0 spiro atoms. The molecule has 0 atom stereocenters. The third-order valence-electron chi connectivity index (χ3n) is 2.01. The Labute approximate surface area is 94.7 Å². The Morgan fingerprint density at radius 2 is 2.00 bits per heavy atom. The summed E-state index contributed by atoms with van der Waals surface area (Å²) in [4.78, 5) is 8.76. The summed E-state index contributed by atoms with van der Waals surface area (Å²) >= 11 is 3.21. The van der Waals surface area contributed by atoms with Crippen LogP contribution in [0.3, 0.4) is 0 Å². The van der Waals surface area contributed by atoms with Gasteiger partial charge >= 0.3 is 0 Å². The molecule has 3 rings (SSSR count). The monoisotopic (exact) mass is 233 g/mol. The Kier molecular flexibility index (Phi) is 2.12. The molecular weight excluding hydrogens is 226 g/mol. The molecule has 5 heteroatoms. The van der Waals surface area contributed by atoms with Crippen molar-refractivity contribution in [2.75, 3.05) is 0 Å². The highest BCUT2D eigenvalue weighted by atomic mass is 32.1. The minimum Gasteiger partial charge on any atom is -0.308 e. The molecule has 0 aliphatic heterocycles. The zero-order chi connectivity index (χ0) is 10.1. The van der Waals surface area contributed by atoms with Crippen LogP contribution in [0.2, 0.25) is 0 Å². The van der Waals surface area contributed by atoms with Gasteiger partial charge in [-0.2, -0.15) is 0 Å². The van der Waals surface area contributed by atoms with Crippen molar-refractivity contribution in [2.24, 2.45) is 0 Å². The molecule has 0 unspecified atom stereocenters. The van der Waals surface area contributed by atoms with Crippen molar-refractivity contribution in [3.63, 3.8) is 0 Å². The summed E-state index contributed by atoms with van der Waals surface area (Å²) in [6.45, 7) is 0. The first-order chi connectivity index (χ1) is 7.43. The van der Waals surface area contributed by atoms with Crippen molar-refractivity contribution >= 4 is 22.7 Å². The van der Waals surface area contributed by atoms with E-state index >= 15 is 0 Å². The quantitative estimate of drug-likeness (QED) is 0.681. The molecular formula is C10H7N3S2. The van der Waals surface area contributed by atoms with Crippen LogP contribution in [0.4, 0.5) is 0 Å². The van der Waals surface area contributed by atoms with Crippen molar-refractivity contribution < 1.29 is 0 Å². The SMILES string of the molecule is c1ccn(-c2csc(-c3cscn3)n2)c1. The maximum absolute atomic E-state index is 4.52. The van der Waals surface area contributed by atoms with E-state index in [0.29, 0.717) is 0 Å². The standard InChI is InChI=1S/C10H7N3S2/c1-2-4-13(3-1)9-6-15-10(12-9)8-5-14-7-11-8/h1-7H. The van der Waals surface area contributed by atoms with E-state index in [-0.39, 0.29) is 0 Å². The molecule has 0 bridgehead atoms. The average molecular weight is 233 g/mol. The molecule has 0 radical (unpaired) electrons. The van der Waals surface area contributed by atoms with Gasteiger partial charge in [-0.05, 0) is 12.1 Å². The zero-order valence-corrected chi connectivity index (χ0v) is 9.33. The number of rotatable bonds is 2. The van der Waals surface area contributed by atoms with Crippen LogP contribution in [0.1, 0.15) is 0 Å². The molecule has 0 amide bonds. The van der Waals surface area contributed by atoms with Gasteiger partial charge in [0.2, 0.25) is 0 Å². The van der Waals surface area contributed by atoms with Crippen LogP contribution < -0.4 is 0 Å². The normalized spacial score (nSPS) is 10.7. The second-order valence-corrected chi connectivity index (χ2v) is 4.55. The first-order valence-corrected chi connectivity index (χ1v) is 6.23. The van der Waals surface area contributed by atoms with Gasteiger partial charge < -0.3 is 4.57 Å². The molecule has 3 heterocycles. The highest BCUT2D eigenvalue weighted by Gasteiger charge is 2.06. The topological polar surface area (TPSA) is 30.7 Å². The Morgan fingerprint density at radius 1 is 1.13 bits per heavy atom. The maximum atomic E-state index is 4.52. The Hall–Kier alpha value is -1.46. The molecule has 3 nitrogen and oxygen atoms in total. The molecule has 0 aliphatic rings. The van der Waals surface area contributed by atoms with Gasteiger partial charge in [-0.25, -0.2) is 9.97 Å². The summed E-state index contributed by atoms with van der Waals surface area (Å²) in [7, 11) is 0. The van der Waals surface area contributed by atoms with Crippen molar-refractivity contribution in [3.05, 3.63) is 40.8 Å². The molecule has 0 N–H and O–H groups in total. The minimum atomic E-state index is 0.952. The van der Waals surface area contributed by atoms with Crippen LogP contribution in [0, 0.1) is 0 Å². The van der Waals surface area contributed by atoms with Gasteiger partial charge in [0, 0.05) is 23.2 Å². The van der Waals surface area contributed by atoms with Crippen LogP contribution in [0.5, 0.6) is 0 Å². The molecule has 0 fully saturated rings. The van der Waals surface area contributed by atoms with Crippen molar-refractivity contribution in [3.8, 4) is 16.5 Å². The van der Waals surface area contributed by atoms with Gasteiger partial charge in [-0.1, -0.05) is 0 Å². The molecule has 0 saturated heterocycles. The van der Waals surface area contributed by atoms with Crippen LogP contribution >= 0.6 is 22.7 Å². The molecule has 3 aromatic rings. The predicted octanol–water partition coefficient (Wildman–Crippen LogP) is 3.06. The van der Waals surface area contributed by atoms with Crippen LogP contribution in [0.25, 0.3) is 16.5 Å². The maximum Gasteiger partial charge on any atom is 0.148 e. The van der Waals surface area contributed by atoms with E-state index < -0.39 is 0 Å². The summed E-state index contributed by atoms with van der Waals surface area (Å²) < 4.78 is 1.99. The summed E-state index contributed by atoms with van der Waals surface area (Å²) in [6, 6.07) is 3.98. The van der Waals surface area contributed by atoms with Gasteiger partial charge in [-0.3, -0.25) is 0 Å². The summed E-state index contributed by atoms with van der Waals surface area (Å²) in [5, 5.41) is 5.02. The van der Waals surface area contributed by atoms with Gasteiger partial charge in [0.1, 0.15) is 16.5 Å². The van der Waals surface area contributed by atoms with E-state index in [4.69, 9.17) is 0 Å². The lowest BCUT2D eigenvalue weighted by Gasteiger charge is -1.94. The van der Waals surface area contributed by atoms with Crippen molar-refractivity contribution in [1.29, 1.82) is 0 Å². The van der Waals surface area contributed by atoms with Crippen molar-refractivity contribution in [2.45, 2.75) is 0 Å². The van der Waals surface area contributed by atoms with Gasteiger partial charge in [-0.15, -0.1) is 22.7 Å². The first-order valence-electron chi connectivity index (χ1n) is 4.41. The third-order valence-corrected chi connectivity index (χ3v) is 3.45. The number of thiazole rings is 2. The lowest BCUT2D eigenvalue weighted by atomic mass is 10.5.